The van der Waals surface area contributed by atoms with Crippen LogP contribution in [0.1, 0.15) is 24.4 Å². The minimum atomic E-state index is -0.740. The maximum Gasteiger partial charge on any atom is 0.311 e. The summed E-state index contributed by atoms with van der Waals surface area (Å²) in [5, 5.41) is 0. The van der Waals surface area contributed by atoms with Gasteiger partial charge in [-0.2, -0.15) is 0 Å². The molecule has 1 fully saturated rings. The van der Waals surface area contributed by atoms with E-state index in [0.29, 0.717) is 22.7 Å². The van der Waals surface area contributed by atoms with Crippen molar-refractivity contribution in [1.29, 1.82) is 0 Å². The summed E-state index contributed by atoms with van der Waals surface area (Å²) in [5.41, 5.74) is 6.40. The molecule has 0 radical (unpaired) electrons. The third-order valence-electron chi connectivity index (χ3n) is 5.06. The van der Waals surface area contributed by atoms with E-state index in [1.54, 1.807) is 42.3 Å². The third-order valence-corrected chi connectivity index (χ3v) is 5.06. The van der Waals surface area contributed by atoms with Crippen molar-refractivity contribution >= 4 is 23.5 Å². The molecule has 1 heterocycles. The van der Waals surface area contributed by atoms with E-state index in [0.717, 1.165) is 0 Å². The van der Waals surface area contributed by atoms with E-state index in [9.17, 15) is 14.4 Å². The zero-order valence-electron chi connectivity index (χ0n) is 16.9. The molecule has 1 saturated heterocycles. The highest BCUT2D eigenvalue weighted by molar-refractivity contribution is 5.97. The normalized spacial score (nSPS) is 18.6. The van der Waals surface area contributed by atoms with Crippen LogP contribution in [0.3, 0.4) is 0 Å². The number of primary amides is 1. The van der Waals surface area contributed by atoms with Gasteiger partial charge in [-0.25, -0.2) is 0 Å². The van der Waals surface area contributed by atoms with Crippen molar-refractivity contribution in [2.45, 2.75) is 18.9 Å². The van der Waals surface area contributed by atoms with Crippen molar-refractivity contribution in [2.75, 3.05) is 25.7 Å². The molecule has 2 aromatic carbocycles. The summed E-state index contributed by atoms with van der Waals surface area (Å²) in [6.45, 7) is -0.509. The predicted molar refractivity (Wildman–Crippen MR) is 109 cm³/mol. The van der Waals surface area contributed by atoms with Gasteiger partial charge < -0.3 is 24.8 Å². The van der Waals surface area contributed by atoms with Crippen LogP contribution in [0, 0.1) is 5.92 Å². The molecule has 30 heavy (non-hydrogen) atoms. The van der Waals surface area contributed by atoms with E-state index >= 15 is 0 Å². The number of nitrogens with two attached hydrogens (primary N) is 1. The summed E-state index contributed by atoms with van der Waals surface area (Å²) >= 11 is 0. The summed E-state index contributed by atoms with van der Waals surface area (Å²) in [5.74, 6) is -0.958. The van der Waals surface area contributed by atoms with Crippen molar-refractivity contribution in [3.8, 4) is 11.5 Å². The first-order valence-corrected chi connectivity index (χ1v) is 9.50. The van der Waals surface area contributed by atoms with Gasteiger partial charge in [0, 0.05) is 17.7 Å². The summed E-state index contributed by atoms with van der Waals surface area (Å²) in [7, 11) is 3.09. The Labute approximate surface area is 174 Å². The number of para-hydroxylation sites is 1. The van der Waals surface area contributed by atoms with Gasteiger partial charge >= 0.3 is 5.97 Å². The summed E-state index contributed by atoms with van der Waals surface area (Å²) in [4.78, 5) is 38.5. The van der Waals surface area contributed by atoms with Crippen LogP contribution in [0.5, 0.6) is 11.5 Å². The van der Waals surface area contributed by atoms with Gasteiger partial charge in [0.2, 0.25) is 5.91 Å². The number of hydrogen-bond donors (Lipinski definition) is 1. The van der Waals surface area contributed by atoms with E-state index in [2.05, 4.69) is 0 Å². The quantitative estimate of drug-likeness (QED) is 0.699. The molecule has 2 atom stereocenters. The Balaban J connectivity index is 2.07. The zero-order chi connectivity index (χ0) is 21.7. The highest BCUT2D eigenvalue weighted by Crippen LogP contribution is 2.43. The number of amides is 2. The number of benzene rings is 2. The van der Waals surface area contributed by atoms with Gasteiger partial charge in [-0.05, 0) is 36.8 Å². The molecule has 0 spiro atoms. The molecule has 8 heteroatoms. The van der Waals surface area contributed by atoms with Crippen molar-refractivity contribution in [3.63, 3.8) is 0 Å². The number of carbonyl (C=O) groups excluding carboxylic acids is 3. The highest BCUT2D eigenvalue weighted by Gasteiger charge is 2.43. The Hall–Kier alpha value is -3.55. The fourth-order valence-electron chi connectivity index (χ4n) is 3.70. The van der Waals surface area contributed by atoms with Crippen LogP contribution in [-0.2, 0) is 19.1 Å². The number of rotatable bonds is 7. The number of esters is 1. The first-order chi connectivity index (χ1) is 14.5. The van der Waals surface area contributed by atoms with Gasteiger partial charge in [0.1, 0.15) is 11.5 Å². The van der Waals surface area contributed by atoms with Crippen LogP contribution in [-0.4, -0.2) is 38.6 Å². The number of ether oxygens (including phenoxy) is 3. The molecular weight excluding hydrogens is 388 g/mol. The molecular formula is C22H24N2O6. The number of piperidine rings is 1. The Bertz CT molecular complexity index is 927. The molecule has 0 bridgehead atoms. The van der Waals surface area contributed by atoms with E-state index in [-0.39, 0.29) is 18.7 Å². The molecule has 0 unspecified atom stereocenters. The van der Waals surface area contributed by atoms with E-state index < -0.39 is 30.4 Å². The molecule has 2 aromatic rings. The van der Waals surface area contributed by atoms with Gasteiger partial charge in [-0.3, -0.25) is 14.4 Å². The van der Waals surface area contributed by atoms with Crippen LogP contribution >= 0.6 is 0 Å². The molecule has 2 N–H and O–H groups in total. The maximum absolute atomic E-state index is 13.0. The number of hydrogen-bond acceptors (Lipinski definition) is 6. The average molecular weight is 412 g/mol. The second-order valence-corrected chi connectivity index (χ2v) is 6.87. The van der Waals surface area contributed by atoms with Crippen molar-refractivity contribution in [1.82, 2.24) is 0 Å². The lowest BCUT2D eigenvalue weighted by molar-refractivity contribution is -0.154. The van der Waals surface area contributed by atoms with Crippen LogP contribution < -0.4 is 20.1 Å². The monoisotopic (exact) mass is 412 g/mol. The number of methoxy groups -OCH3 is 2. The fraction of sp³-hybridized carbons (Fsp3) is 0.318. The molecule has 0 saturated carbocycles. The first-order valence-electron chi connectivity index (χ1n) is 9.50. The van der Waals surface area contributed by atoms with Crippen molar-refractivity contribution in [3.05, 3.63) is 54.1 Å². The first kappa shape index (κ1) is 21.2. The third kappa shape index (κ3) is 4.37. The largest absolute Gasteiger partial charge is 0.497 e. The minimum Gasteiger partial charge on any atom is -0.497 e. The Morgan fingerprint density at radius 1 is 1.07 bits per heavy atom. The number of nitrogens with zero attached hydrogens (tertiary/aromatic N) is 1. The molecule has 2 amide bonds. The molecule has 1 aliphatic rings. The Morgan fingerprint density at radius 3 is 2.40 bits per heavy atom. The maximum atomic E-state index is 13.0. The summed E-state index contributed by atoms with van der Waals surface area (Å²) in [6, 6.07) is 13.6. The van der Waals surface area contributed by atoms with Crippen LogP contribution in [0.2, 0.25) is 0 Å². The lowest BCUT2D eigenvalue weighted by Gasteiger charge is -2.40. The van der Waals surface area contributed by atoms with Gasteiger partial charge in [-0.1, -0.05) is 18.2 Å². The van der Waals surface area contributed by atoms with Crippen LogP contribution in [0.4, 0.5) is 5.69 Å². The summed E-state index contributed by atoms with van der Waals surface area (Å²) < 4.78 is 15.8. The standard InChI is InChI=1S/C22H24N2O6/c1-28-15-9-7-14(8-10-15)24-20(26)12-11-17(22(27)30-13-19(23)25)21(24)16-5-3-4-6-18(16)29-2/h3-10,17,21H,11-13H2,1-2H3,(H2,23,25)/t17-,21-/m0/s1. The van der Waals surface area contributed by atoms with Crippen LogP contribution in [0.25, 0.3) is 0 Å². The van der Waals surface area contributed by atoms with E-state index in [1.165, 1.54) is 7.11 Å². The lowest BCUT2D eigenvalue weighted by atomic mass is 9.83. The van der Waals surface area contributed by atoms with Crippen molar-refractivity contribution in [2.24, 2.45) is 11.7 Å². The van der Waals surface area contributed by atoms with Gasteiger partial charge in [-0.15, -0.1) is 0 Å². The van der Waals surface area contributed by atoms with Gasteiger partial charge in [0.15, 0.2) is 6.61 Å². The minimum absolute atomic E-state index is 0.130. The predicted octanol–water partition coefficient (Wildman–Crippen LogP) is 2.22. The SMILES string of the molecule is COc1ccc(N2C(=O)CC[C@H](C(=O)OCC(N)=O)[C@@H]2c2ccccc2OC)cc1. The van der Waals surface area contributed by atoms with Crippen molar-refractivity contribution < 1.29 is 28.6 Å². The zero-order valence-corrected chi connectivity index (χ0v) is 16.9. The fourth-order valence-corrected chi connectivity index (χ4v) is 3.70. The van der Waals surface area contributed by atoms with Crippen LogP contribution in [0.15, 0.2) is 48.5 Å². The molecule has 158 valence electrons. The summed E-state index contributed by atoms with van der Waals surface area (Å²) in [6.07, 6.45) is 0.444. The van der Waals surface area contributed by atoms with E-state index in [1.807, 2.05) is 18.2 Å². The molecule has 8 nitrogen and oxygen atoms in total. The molecule has 1 aliphatic heterocycles. The number of anilines is 1. The Kier molecular flexibility index (Phi) is 6.56. The second-order valence-electron chi connectivity index (χ2n) is 6.87. The molecule has 3 rings (SSSR count). The highest BCUT2D eigenvalue weighted by atomic mass is 16.5. The lowest BCUT2D eigenvalue weighted by Crippen LogP contribution is -2.46. The van der Waals surface area contributed by atoms with Gasteiger partial charge in [0.05, 0.1) is 26.2 Å². The Morgan fingerprint density at radius 2 is 1.77 bits per heavy atom. The smallest absolute Gasteiger partial charge is 0.311 e. The topological polar surface area (TPSA) is 108 Å². The van der Waals surface area contributed by atoms with E-state index in [4.69, 9.17) is 19.9 Å². The molecule has 0 aliphatic carbocycles. The second kappa shape index (κ2) is 9.30. The number of carbonyl (C=O) groups is 3. The molecule has 0 aromatic heterocycles. The van der Waals surface area contributed by atoms with Gasteiger partial charge in [0.25, 0.3) is 5.91 Å². The average Bonchev–Trinajstić information content (AvgIpc) is 2.77.